The summed E-state index contributed by atoms with van der Waals surface area (Å²) in [6.07, 6.45) is 2.94. The smallest absolute Gasteiger partial charge is 0.224 e. The molecule has 0 spiro atoms. The first-order chi connectivity index (χ1) is 9.74. The minimum absolute atomic E-state index is 0. The second kappa shape index (κ2) is 7.25. The fourth-order valence-electron chi connectivity index (χ4n) is 2.80. The monoisotopic (exact) mass is 324 g/mol. The van der Waals surface area contributed by atoms with Crippen molar-refractivity contribution in [3.05, 3.63) is 35.2 Å². The molecule has 1 amide bonds. The number of nitrogens with zero attached hydrogens (tertiary/aromatic N) is 1. The van der Waals surface area contributed by atoms with Gasteiger partial charge >= 0.3 is 0 Å². The van der Waals surface area contributed by atoms with E-state index in [1.165, 1.54) is 22.1 Å². The third-order valence-corrected chi connectivity index (χ3v) is 4.99. The van der Waals surface area contributed by atoms with E-state index in [1.54, 1.807) is 11.3 Å². The zero-order valence-corrected chi connectivity index (χ0v) is 13.8. The third-order valence-electron chi connectivity index (χ3n) is 3.98. The van der Waals surface area contributed by atoms with Crippen molar-refractivity contribution < 1.29 is 4.79 Å². The second-order valence-electron chi connectivity index (χ2n) is 5.50. The van der Waals surface area contributed by atoms with E-state index in [9.17, 15) is 4.79 Å². The van der Waals surface area contributed by atoms with Gasteiger partial charge < -0.3 is 10.2 Å². The lowest BCUT2D eigenvalue weighted by molar-refractivity contribution is -0.130. The summed E-state index contributed by atoms with van der Waals surface area (Å²) in [4.78, 5) is 14.1. The van der Waals surface area contributed by atoms with Crippen molar-refractivity contribution in [2.45, 2.75) is 31.8 Å². The number of carbonyl (C=O) groups is 1. The standard InChI is InChI=1S/C16H20N2OS.ClH/c1-18(16(19)9-13-5-4-8-17-13)10-12-11-20-15-7-3-2-6-14(12)15;/h2-3,6-7,11,13,17H,4-5,8-10H2,1H3;1H. The quantitative estimate of drug-likeness (QED) is 0.934. The normalized spacial score (nSPS) is 17.7. The predicted octanol–water partition coefficient (Wildman–Crippen LogP) is 3.42. The highest BCUT2D eigenvalue weighted by Gasteiger charge is 2.20. The molecule has 2 aromatic rings. The largest absolute Gasteiger partial charge is 0.341 e. The fourth-order valence-corrected chi connectivity index (χ4v) is 3.75. The van der Waals surface area contributed by atoms with Crippen molar-refractivity contribution in [2.24, 2.45) is 0 Å². The average molecular weight is 325 g/mol. The second-order valence-corrected chi connectivity index (χ2v) is 6.42. The third kappa shape index (κ3) is 3.76. The Bertz CT molecular complexity index is 607. The minimum atomic E-state index is 0. The van der Waals surface area contributed by atoms with Gasteiger partial charge in [-0.1, -0.05) is 18.2 Å². The summed E-state index contributed by atoms with van der Waals surface area (Å²) in [5, 5.41) is 6.83. The Labute approximate surface area is 135 Å². The SMILES string of the molecule is CN(Cc1csc2ccccc12)C(=O)CC1CCCN1.Cl. The summed E-state index contributed by atoms with van der Waals surface area (Å²) < 4.78 is 1.29. The number of fused-ring (bicyclic) bond motifs is 1. The topological polar surface area (TPSA) is 32.3 Å². The van der Waals surface area contributed by atoms with Gasteiger partial charge in [-0.2, -0.15) is 0 Å². The highest BCUT2D eigenvalue weighted by Crippen LogP contribution is 2.26. The molecule has 2 heterocycles. The number of nitrogens with one attached hydrogen (secondary N) is 1. The van der Waals surface area contributed by atoms with Crippen LogP contribution in [0.3, 0.4) is 0 Å². The molecule has 1 N–H and O–H groups in total. The molecule has 1 atom stereocenters. The van der Waals surface area contributed by atoms with Gasteiger partial charge in [0.1, 0.15) is 0 Å². The van der Waals surface area contributed by atoms with Crippen molar-refractivity contribution >= 4 is 39.7 Å². The van der Waals surface area contributed by atoms with Crippen LogP contribution in [-0.4, -0.2) is 30.4 Å². The van der Waals surface area contributed by atoms with Crippen LogP contribution in [0.25, 0.3) is 10.1 Å². The van der Waals surface area contributed by atoms with Gasteiger partial charge in [0, 0.05) is 30.8 Å². The van der Waals surface area contributed by atoms with Gasteiger partial charge in [0.25, 0.3) is 0 Å². The number of thiophene rings is 1. The molecule has 3 rings (SSSR count). The molecule has 1 unspecified atom stereocenters. The Morgan fingerprint density at radius 2 is 2.24 bits per heavy atom. The zero-order chi connectivity index (χ0) is 13.9. The van der Waals surface area contributed by atoms with Crippen LogP contribution in [0.2, 0.25) is 0 Å². The highest BCUT2D eigenvalue weighted by molar-refractivity contribution is 7.17. The summed E-state index contributed by atoms with van der Waals surface area (Å²) in [5.41, 5.74) is 1.25. The van der Waals surface area contributed by atoms with Gasteiger partial charge in [0.2, 0.25) is 5.91 Å². The zero-order valence-electron chi connectivity index (χ0n) is 12.2. The molecule has 3 nitrogen and oxygen atoms in total. The Balaban J connectivity index is 0.00000161. The number of hydrogen-bond donors (Lipinski definition) is 1. The van der Waals surface area contributed by atoms with Gasteiger partial charge in [-0.15, -0.1) is 23.7 Å². The summed E-state index contributed by atoms with van der Waals surface area (Å²) in [5.74, 6) is 0.236. The number of benzene rings is 1. The first kappa shape index (κ1) is 16.3. The molecule has 0 bridgehead atoms. The van der Waals surface area contributed by atoms with Crippen molar-refractivity contribution in [1.29, 1.82) is 0 Å². The van der Waals surface area contributed by atoms with Crippen LogP contribution in [0.4, 0.5) is 0 Å². The molecule has 1 aliphatic heterocycles. The molecule has 1 saturated heterocycles. The van der Waals surface area contributed by atoms with E-state index in [4.69, 9.17) is 0 Å². The van der Waals surface area contributed by atoms with E-state index >= 15 is 0 Å². The van der Waals surface area contributed by atoms with Crippen molar-refractivity contribution in [3.63, 3.8) is 0 Å². The van der Waals surface area contributed by atoms with Crippen molar-refractivity contribution in [1.82, 2.24) is 10.2 Å². The molecular weight excluding hydrogens is 304 g/mol. The number of hydrogen-bond acceptors (Lipinski definition) is 3. The van der Waals surface area contributed by atoms with E-state index in [0.717, 1.165) is 13.0 Å². The Hall–Kier alpha value is -1.10. The lowest BCUT2D eigenvalue weighted by atomic mass is 10.1. The summed E-state index contributed by atoms with van der Waals surface area (Å²) >= 11 is 1.75. The van der Waals surface area contributed by atoms with E-state index < -0.39 is 0 Å². The molecule has 0 radical (unpaired) electrons. The predicted molar refractivity (Wildman–Crippen MR) is 91.2 cm³/mol. The Morgan fingerprint density at radius 3 is 3.00 bits per heavy atom. The van der Waals surface area contributed by atoms with Crippen LogP contribution in [0.1, 0.15) is 24.8 Å². The van der Waals surface area contributed by atoms with Crippen LogP contribution >= 0.6 is 23.7 Å². The molecule has 0 aliphatic carbocycles. The molecule has 5 heteroatoms. The molecule has 1 aromatic heterocycles. The molecule has 114 valence electrons. The Morgan fingerprint density at radius 1 is 1.43 bits per heavy atom. The average Bonchev–Trinajstić information content (AvgIpc) is 3.09. The minimum Gasteiger partial charge on any atom is -0.341 e. The number of halogens is 1. The van der Waals surface area contributed by atoms with Crippen molar-refractivity contribution in [2.75, 3.05) is 13.6 Å². The van der Waals surface area contributed by atoms with Crippen LogP contribution in [0.15, 0.2) is 29.6 Å². The van der Waals surface area contributed by atoms with Crippen LogP contribution < -0.4 is 5.32 Å². The van der Waals surface area contributed by atoms with Crippen LogP contribution in [0.5, 0.6) is 0 Å². The van der Waals surface area contributed by atoms with E-state index in [1.807, 2.05) is 11.9 Å². The lowest BCUT2D eigenvalue weighted by Crippen LogP contribution is -2.33. The molecule has 1 fully saturated rings. The number of carbonyl (C=O) groups excluding carboxylic acids is 1. The van der Waals surface area contributed by atoms with E-state index in [2.05, 4.69) is 35.0 Å². The number of rotatable bonds is 4. The van der Waals surface area contributed by atoms with Crippen molar-refractivity contribution in [3.8, 4) is 0 Å². The van der Waals surface area contributed by atoms with E-state index in [-0.39, 0.29) is 18.3 Å². The Kier molecular flexibility index (Phi) is 5.62. The molecule has 21 heavy (non-hydrogen) atoms. The summed E-state index contributed by atoms with van der Waals surface area (Å²) in [6, 6.07) is 8.77. The molecular formula is C16H21ClN2OS. The van der Waals surface area contributed by atoms with Crippen LogP contribution in [0, 0.1) is 0 Å². The lowest BCUT2D eigenvalue weighted by Gasteiger charge is -2.19. The van der Waals surface area contributed by atoms with E-state index in [0.29, 0.717) is 19.0 Å². The summed E-state index contributed by atoms with van der Waals surface area (Å²) in [6.45, 7) is 1.76. The van der Waals surface area contributed by atoms with Crippen LogP contribution in [-0.2, 0) is 11.3 Å². The maximum atomic E-state index is 12.3. The van der Waals surface area contributed by atoms with Gasteiger partial charge in [-0.25, -0.2) is 0 Å². The maximum Gasteiger partial charge on any atom is 0.224 e. The first-order valence-electron chi connectivity index (χ1n) is 7.16. The number of amides is 1. The molecule has 1 aliphatic rings. The fraction of sp³-hybridized carbons (Fsp3) is 0.438. The molecule has 0 saturated carbocycles. The van der Waals surface area contributed by atoms with Gasteiger partial charge in [0.15, 0.2) is 0 Å². The van der Waals surface area contributed by atoms with Gasteiger partial charge in [0.05, 0.1) is 0 Å². The van der Waals surface area contributed by atoms with Gasteiger partial charge in [-0.3, -0.25) is 4.79 Å². The van der Waals surface area contributed by atoms with Gasteiger partial charge in [-0.05, 0) is 41.8 Å². The maximum absolute atomic E-state index is 12.3. The highest BCUT2D eigenvalue weighted by atomic mass is 35.5. The summed E-state index contributed by atoms with van der Waals surface area (Å²) in [7, 11) is 1.91. The molecule has 1 aromatic carbocycles. The first-order valence-corrected chi connectivity index (χ1v) is 8.04.